The average molecular weight is 235 g/mol. The second kappa shape index (κ2) is 4.60. The summed E-state index contributed by atoms with van der Waals surface area (Å²) < 4.78 is 0. The molecule has 0 radical (unpaired) electrons. The largest absolute Gasteiger partial charge is 0.506 e. The Morgan fingerprint density at radius 3 is 2.76 bits per heavy atom. The van der Waals surface area contributed by atoms with Crippen LogP contribution in [0.2, 0.25) is 0 Å². The van der Waals surface area contributed by atoms with Crippen LogP contribution >= 0.6 is 0 Å². The van der Waals surface area contributed by atoms with Crippen LogP contribution in [0.25, 0.3) is 0 Å². The van der Waals surface area contributed by atoms with Crippen molar-refractivity contribution in [2.24, 2.45) is 10.7 Å². The maximum absolute atomic E-state index is 10.7. The van der Waals surface area contributed by atoms with E-state index in [0.717, 1.165) is 13.1 Å². The van der Waals surface area contributed by atoms with E-state index >= 15 is 0 Å². The van der Waals surface area contributed by atoms with E-state index in [1.807, 2.05) is 0 Å². The highest BCUT2D eigenvalue weighted by Gasteiger charge is 2.07. The minimum absolute atomic E-state index is 0.0555. The summed E-state index contributed by atoms with van der Waals surface area (Å²) in [6, 6.07) is 3.88. The van der Waals surface area contributed by atoms with Gasteiger partial charge in [0.2, 0.25) is 0 Å². The van der Waals surface area contributed by atoms with Crippen molar-refractivity contribution in [3.05, 3.63) is 18.2 Å². The van der Waals surface area contributed by atoms with E-state index in [2.05, 4.69) is 20.9 Å². The number of nitrogens with one attached hydrogen (secondary N) is 3. The summed E-state index contributed by atoms with van der Waals surface area (Å²) in [5.74, 6) is 0.612. The Morgan fingerprint density at radius 1 is 1.41 bits per heavy atom. The number of carbonyl (C=O) groups excluding carboxylic acids is 1. The van der Waals surface area contributed by atoms with Crippen molar-refractivity contribution in [2.75, 3.05) is 18.4 Å². The molecule has 7 nitrogen and oxygen atoms in total. The number of aromatic hydroxyl groups is 1. The van der Waals surface area contributed by atoms with E-state index in [-0.39, 0.29) is 11.4 Å². The zero-order valence-electron chi connectivity index (χ0n) is 9.03. The molecule has 1 aromatic rings. The first-order valence-corrected chi connectivity index (χ1v) is 5.11. The summed E-state index contributed by atoms with van der Waals surface area (Å²) >= 11 is 0. The molecule has 1 aromatic carbocycles. The highest BCUT2D eigenvalue weighted by Crippen LogP contribution is 2.28. The number of aliphatic imine (C=N–C) groups is 1. The minimum Gasteiger partial charge on any atom is -0.506 e. The fourth-order valence-electron chi connectivity index (χ4n) is 1.46. The van der Waals surface area contributed by atoms with Gasteiger partial charge in [-0.1, -0.05) is 0 Å². The molecular formula is C10H13N5O2. The summed E-state index contributed by atoms with van der Waals surface area (Å²) in [4.78, 5) is 15.0. The Morgan fingerprint density at radius 2 is 2.12 bits per heavy atom. The first-order chi connectivity index (χ1) is 8.15. The lowest BCUT2D eigenvalue weighted by molar-refractivity contribution is 0.259. The minimum atomic E-state index is -0.734. The van der Waals surface area contributed by atoms with Gasteiger partial charge in [-0.15, -0.1) is 0 Å². The summed E-state index contributed by atoms with van der Waals surface area (Å²) in [5.41, 5.74) is 5.82. The molecule has 0 unspecified atom stereocenters. The predicted octanol–water partition coefficient (Wildman–Crippen LogP) is 0.0631. The van der Waals surface area contributed by atoms with Crippen molar-refractivity contribution in [3.63, 3.8) is 0 Å². The van der Waals surface area contributed by atoms with Gasteiger partial charge in [0.1, 0.15) is 5.75 Å². The van der Waals surface area contributed by atoms with E-state index in [4.69, 9.17) is 5.73 Å². The lowest BCUT2D eigenvalue weighted by Gasteiger charge is -2.06. The third kappa shape index (κ3) is 2.77. The fourth-order valence-corrected chi connectivity index (χ4v) is 1.46. The van der Waals surface area contributed by atoms with Gasteiger partial charge < -0.3 is 26.8 Å². The first-order valence-electron chi connectivity index (χ1n) is 5.11. The molecule has 7 heteroatoms. The number of hydrogen-bond acceptors (Lipinski definition) is 3. The van der Waals surface area contributed by atoms with Crippen molar-refractivity contribution in [3.8, 4) is 5.75 Å². The summed E-state index contributed by atoms with van der Waals surface area (Å²) in [6.45, 7) is 1.65. The van der Waals surface area contributed by atoms with Crippen LogP contribution < -0.4 is 21.7 Å². The van der Waals surface area contributed by atoms with E-state index in [1.54, 1.807) is 6.07 Å². The molecule has 17 heavy (non-hydrogen) atoms. The molecular weight excluding hydrogens is 222 g/mol. The third-order valence-electron chi connectivity index (χ3n) is 2.19. The number of carbonyl (C=O) groups is 1. The molecule has 0 bridgehead atoms. The van der Waals surface area contributed by atoms with Crippen molar-refractivity contribution in [1.29, 1.82) is 0 Å². The smallest absolute Gasteiger partial charge is 0.316 e. The van der Waals surface area contributed by atoms with Crippen LogP contribution in [0.4, 0.5) is 16.2 Å². The van der Waals surface area contributed by atoms with Crippen molar-refractivity contribution in [1.82, 2.24) is 10.6 Å². The molecule has 0 atom stereocenters. The molecule has 1 saturated heterocycles. The number of urea groups is 1. The average Bonchev–Trinajstić information content (AvgIpc) is 2.75. The number of nitrogens with zero attached hydrogens (tertiary/aromatic N) is 1. The summed E-state index contributed by atoms with van der Waals surface area (Å²) in [6.07, 6.45) is 0. The van der Waals surface area contributed by atoms with E-state index < -0.39 is 6.03 Å². The highest BCUT2D eigenvalue weighted by atomic mass is 16.3. The molecule has 2 amide bonds. The van der Waals surface area contributed by atoms with Crippen LogP contribution in [-0.4, -0.2) is 30.2 Å². The SMILES string of the molecule is NC(=O)Nc1cc(N=C2NCCN2)ccc1O. The number of guanidine groups is 1. The topological polar surface area (TPSA) is 112 Å². The van der Waals surface area contributed by atoms with E-state index in [9.17, 15) is 9.90 Å². The lowest BCUT2D eigenvalue weighted by atomic mass is 10.2. The molecule has 0 aliphatic carbocycles. The van der Waals surface area contributed by atoms with Crippen LogP contribution in [0.15, 0.2) is 23.2 Å². The maximum atomic E-state index is 10.7. The van der Waals surface area contributed by atoms with Crippen molar-refractivity contribution in [2.45, 2.75) is 0 Å². The number of hydrogen-bond donors (Lipinski definition) is 5. The van der Waals surface area contributed by atoms with Crippen LogP contribution in [0, 0.1) is 0 Å². The van der Waals surface area contributed by atoms with Crippen LogP contribution in [0.3, 0.4) is 0 Å². The number of phenolic OH excluding ortho intramolecular Hbond substituents is 1. The standard InChI is InChI=1S/C10H13N5O2/c11-9(17)15-7-5-6(1-2-8(7)16)14-10-12-3-4-13-10/h1-2,5,16H,3-4H2,(H3,11,15,17)(H2,12,13,14). The Bertz CT molecular complexity index is 464. The van der Waals surface area contributed by atoms with Crippen molar-refractivity contribution < 1.29 is 9.90 Å². The molecule has 1 heterocycles. The maximum Gasteiger partial charge on any atom is 0.316 e. The predicted molar refractivity (Wildman–Crippen MR) is 64.4 cm³/mol. The third-order valence-corrected chi connectivity index (χ3v) is 2.19. The normalized spacial score (nSPS) is 13.8. The molecule has 1 fully saturated rings. The number of amides is 2. The number of nitrogens with two attached hydrogens (primary N) is 1. The summed E-state index contributed by atoms with van der Waals surface area (Å²) in [7, 11) is 0. The van der Waals surface area contributed by atoms with Crippen LogP contribution in [0.1, 0.15) is 0 Å². The number of rotatable bonds is 2. The zero-order valence-corrected chi connectivity index (χ0v) is 9.03. The number of benzene rings is 1. The molecule has 0 spiro atoms. The second-order valence-corrected chi connectivity index (χ2v) is 3.50. The Balaban J connectivity index is 2.23. The van der Waals surface area contributed by atoms with E-state index in [1.165, 1.54) is 12.1 Å². The van der Waals surface area contributed by atoms with E-state index in [0.29, 0.717) is 11.6 Å². The van der Waals surface area contributed by atoms with Gasteiger partial charge in [-0.2, -0.15) is 0 Å². The molecule has 1 aliphatic rings. The van der Waals surface area contributed by atoms with Crippen LogP contribution in [-0.2, 0) is 0 Å². The van der Waals surface area contributed by atoms with Gasteiger partial charge in [-0.05, 0) is 18.2 Å². The molecule has 1 aliphatic heterocycles. The van der Waals surface area contributed by atoms with Gasteiger partial charge in [-0.25, -0.2) is 9.79 Å². The quantitative estimate of drug-likeness (QED) is 0.467. The molecule has 0 aromatic heterocycles. The first kappa shape index (κ1) is 11.1. The molecule has 90 valence electrons. The van der Waals surface area contributed by atoms with Gasteiger partial charge in [-0.3, -0.25) is 0 Å². The van der Waals surface area contributed by atoms with Gasteiger partial charge in [0, 0.05) is 13.1 Å². The molecule has 6 N–H and O–H groups in total. The molecule has 0 saturated carbocycles. The Hall–Kier alpha value is -2.44. The Kier molecular flexibility index (Phi) is 2.99. The molecule has 2 rings (SSSR count). The van der Waals surface area contributed by atoms with Gasteiger partial charge in [0.15, 0.2) is 5.96 Å². The lowest BCUT2D eigenvalue weighted by Crippen LogP contribution is -2.23. The second-order valence-electron chi connectivity index (χ2n) is 3.50. The van der Waals surface area contributed by atoms with Crippen LogP contribution in [0.5, 0.6) is 5.75 Å². The van der Waals surface area contributed by atoms with Gasteiger partial charge in [0.05, 0.1) is 11.4 Å². The zero-order chi connectivity index (χ0) is 12.3. The highest BCUT2D eigenvalue weighted by molar-refractivity contribution is 5.91. The van der Waals surface area contributed by atoms with Gasteiger partial charge >= 0.3 is 6.03 Å². The number of primary amides is 1. The van der Waals surface area contributed by atoms with Gasteiger partial charge in [0.25, 0.3) is 0 Å². The monoisotopic (exact) mass is 235 g/mol. The number of anilines is 1. The Labute approximate surface area is 97.7 Å². The van der Waals surface area contributed by atoms with Crippen molar-refractivity contribution >= 4 is 23.4 Å². The fraction of sp³-hybridized carbons (Fsp3) is 0.200. The number of phenols is 1. The summed E-state index contributed by atoms with van der Waals surface area (Å²) in [5, 5.41) is 17.9.